The molecule has 0 rings (SSSR count). The molecule has 4 N–H and O–H groups in total. The maximum atomic E-state index is 12.4. The molecule has 0 saturated heterocycles. The van der Waals surface area contributed by atoms with E-state index >= 15 is 0 Å². The van der Waals surface area contributed by atoms with Gasteiger partial charge in [-0.25, -0.2) is 0 Å². The van der Waals surface area contributed by atoms with Gasteiger partial charge in [-0.2, -0.15) is 0 Å². The largest absolute Gasteiger partial charge is 1.00 e. The Kier molecular flexibility index (Phi) is 48.8. The summed E-state index contributed by atoms with van der Waals surface area (Å²) in [5, 5.41) is 21.0. The van der Waals surface area contributed by atoms with E-state index in [1.807, 2.05) is 0 Å². The third-order valence-electron chi connectivity index (χ3n) is 10.8. The molecule has 0 radical (unpaired) electrons. The van der Waals surface area contributed by atoms with Crippen molar-refractivity contribution in [3.8, 4) is 0 Å². The summed E-state index contributed by atoms with van der Waals surface area (Å²) in [5.41, 5.74) is 0. The van der Waals surface area contributed by atoms with Gasteiger partial charge < -0.3 is 51.1 Å². The molecular weight excluding hydrogens is 1250 g/mol. The first-order valence-electron chi connectivity index (χ1n) is 23.3. The average molecular weight is 1340 g/mol. The molecule has 58 heavy (non-hydrogen) atoms. The van der Waals surface area contributed by atoms with E-state index in [4.69, 9.17) is 13.2 Å². The number of nitrogens with one attached hydrogen (secondary N) is 3. The average Bonchev–Trinajstić information content (AvgIpc) is 3.15. The fourth-order valence-corrected chi connectivity index (χ4v) is 7.36. The molecule has 0 bridgehead atoms. The fraction of sp³-hybridized carbons (Fsp3) is 0.872. The van der Waals surface area contributed by atoms with Crippen LogP contribution in [0.3, 0.4) is 0 Å². The van der Waals surface area contributed by atoms with Gasteiger partial charge in [0.25, 0.3) is 0 Å². The number of aliphatic hydroxyl groups is 1. The van der Waals surface area contributed by atoms with E-state index in [2.05, 4.69) is 41.9 Å². The zero-order valence-electron chi connectivity index (χ0n) is 38.5. The number of quaternary nitrogens is 1. The van der Waals surface area contributed by atoms with E-state index in [1.54, 1.807) is 12.2 Å². The van der Waals surface area contributed by atoms with Gasteiger partial charge in [0, 0.05) is 45.6 Å². The Morgan fingerprint density at radius 3 is 1.50 bits per heavy atom. The van der Waals surface area contributed by atoms with Crippen LogP contribution < -0.4 is 28.4 Å². The summed E-state index contributed by atoms with van der Waals surface area (Å²) >= 11 is 0. The maximum Gasteiger partial charge on any atom is 0.219 e. The molecule has 0 aliphatic carbocycles. The van der Waals surface area contributed by atoms with Crippen LogP contribution in [-0.4, -0.2) is 105 Å². The third kappa shape index (κ3) is 45.3. The van der Waals surface area contributed by atoms with Crippen molar-refractivity contribution in [1.29, 1.82) is 0 Å². The minimum Gasteiger partial charge on any atom is -1.00 e. The molecule has 1 atom stereocenters. The number of nitrogens with zero attached hydrogens (tertiary/aromatic N) is 2. The number of carbonyl (C=O) groups is 2. The molecule has 0 aromatic heterocycles. The normalized spacial score (nSPS) is 11.6. The van der Waals surface area contributed by atoms with Crippen molar-refractivity contribution in [2.75, 3.05) is 73.0 Å². The summed E-state index contributed by atoms with van der Waals surface area (Å²) in [4.78, 5) is 27.0. The standard InChI is InChI=1S/C47H92N5O3.ClH.2Rf/c1-6-9-12-15-18-21-22-25-28-31-42-52(4,5)44-45(53)43-51(40-33-38-50-47(55)35-30-27-24-20-17-14-11-8-3)41-39-48-36-32-37-49-46(54)34-29-26-23-19-16-13-10-7-2;;;/h2-3,7-8,45,48,53H,6,9-44H2,1,4-5H3,(H,49,54)(H,50,55);1H;;/q-1;;;/p-1. The van der Waals surface area contributed by atoms with Crippen LogP contribution in [-0.2, 0) is 9.59 Å². The Morgan fingerprint density at radius 1 is 0.586 bits per heavy atom. The van der Waals surface area contributed by atoms with Crippen LogP contribution in [0.2, 0.25) is 0 Å². The zero-order valence-corrected chi connectivity index (χ0v) is 52.1. The van der Waals surface area contributed by atoms with Crippen molar-refractivity contribution in [1.82, 2.24) is 20.9 Å². The first-order valence-corrected chi connectivity index (χ1v) is 23.3. The van der Waals surface area contributed by atoms with E-state index in [0.29, 0.717) is 32.5 Å². The molecule has 2 amide bonds. The molecule has 8 nitrogen and oxygen atoms in total. The van der Waals surface area contributed by atoms with Crippen molar-refractivity contribution in [2.45, 2.75) is 193 Å². The van der Waals surface area contributed by atoms with E-state index in [-0.39, 0.29) is 24.2 Å². The number of carbonyl (C=O) groups excluding carboxylic acids is 2. The van der Waals surface area contributed by atoms with E-state index in [1.165, 1.54) is 109 Å². The van der Waals surface area contributed by atoms with E-state index < -0.39 is 6.10 Å². The number of halogens is 1. The van der Waals surface area contributed by atoms with Gasteiger partial charge in [-0.3, -0.25) is 26.6 Å². The molecule has 0 fully saturated rings. The molecule has 0 aliphatic heterocycles. The van der Waals surface area contributed by atoms with Gasteiger partial charge in [0.15, 0.2) is 0 Å². The van der Waals surface area contributed by atoms with Gasteiger partial charge in [-0.15, -0.1) is 0 Å². The van der Waals surface area contributed by atoms with Crippen LogP contribution in [0, 0.1) is 13.2 Å². The summed E-state index contributed by atoms with van der Waals surface area (Å²) in [7, 11) is 4.51. The van der Waals surface area contributed by atoms with Gasteiger partial charge in [-0.1, -0.05) is 135 Å². The number of allylic oxidation sites excluding steroid dienone is 2. The number of unbranched alkanes of at least 4 members (excludes halogenated alkanes) is 21. The molecule has 11 heteroatoms. The number of hydrogen-bond acceptors (Lipinski definition) is 5. The molecule has 1 unspecified atom stereocenters. The van der Waals surface area contributed by atoms with Gasteiger partial charge in [0.05, 0.1) is 20.6 Å². The summed E-state index contributed by atoms with van der Waals surface area (Å²) in [6, 6.07) is 0. The Bertz CT molecular complexity index is 902. The second kappa shape index (κ2) is 46.2. The Labute approximate surface area is 354 Å². The van der Waals surface area contributed by atoms with Crippen molar-refractivity contribution in [2.24, 2.45) is 0 Å². The van der Waals surface area contributed by atoms with Crippen LogP contribution in [0.25, 0.3) is 0 Å². The molecule has 0 aromatic carbocycles. The molecule has 0 saturated carbocycles. The van der Waals surface area contributed by atoms with Crippen LogP contribution in [0.1, 0.15) is 187 Å². The molecule has 0 spiro atoms. The number of aliphatic hydroxyl groups excluding tert-OH is 1. The first-order chi connectivity index (χ1) is 26.7. The van der Waals surface area contributed by atoms with Crippen molar-refractivity contribution in [3.05, 3.63) is 25.3 Å². The second-order valence-corrected chi connectivity index (χ2v) is 16.9. The number of likely N-dealkylation sites (N-methyl/N-ethyl adjacent to an activating group) is 1. The molecule has 0 aliphatic rings. The Balaban J connectivity index is -0.00000486. The summed E-state index contributed by atoms with van der Waals surface area (Å²) in [5.74, 6) is 0.310. The second-order valence-electron chi connectivity index (χ2n) is 16.9. The van der Waals surface area contributed by atoms with Gasteiger partial charge in [0.2, 0.25) is 11.8 Å². The van der Waals surface area contributed by atoms with Crippen LogP contribution in [0.5, 0.6) is 0 Å². The number of rotatable bonds is 44. The first kappa shape index (κ1) is 61.2. The van der Waals surface area contributed by atoms with E-state index in [9.17, 15) is 14.7 Å². The SMILES string of the molecule is [CH-]=CCCCCCCCCC(=O)NCCCNCCN(CCCNC(=O)CCCCCCCCC=[CH-])CC(O)C[N+](C)(C)CCCCCCCCCCCC.[Cl-].[Rf].[Rf]. The Morgan fingerprint density at radius 2 is 1.02 bits per heavy atom. The van der Waals surface area contributed by atoms with Crippen LogP contribution >= 0.6 is 0 Å². The predicted molar refractivity (Wildman–Crippen MR) is 236 cm³/mol. The molecule has 0 aromatic rings. The number of amides is 2. The monoisotopic (exact) mass is 1340 g/mol. The zero-order chi connectivity index (χ0) is 40.5. The summed E-state index contributed by atoms with van der Waals surface area (Å²) in [6.45, 7) is 20.4. The van der Waals surface area contributed by atoms with Crippen LogP contribution in [0.15, 0.2) is 12.2 Å². The molecule has 0 heterocycles. The van der Waals surface area contributed by atoms with Crippen molar-refractivity contribution in [3.63, 3.8) is 0 Å². The van der Waals surface area contributed by atoms with Crippen molar-refractivity contribution < 1.29 is 31.6 Å². The van der Waals surface area contributed by atoms with Gasteiger partial charge in [0.1, 0.15) is 12.6 Å². The summed E-state index contributed by atoms with van der Waals surface area (Å²) in [6.07, 6.45) is 35.2. The molecular formula is C47H92ClN5O3Rf2-2. The summed E-state index contributed by atoms with van der Waals surface area (Å²) < 4.78 is 0.840. The smallest absolute Gasteiger partial charge is 0.219 e. The minimum atomic E-state index is -0.397. The topological polar surface area (TPSA) is 93.7 Å². The minimum absolute atomic E-state index is 0. The third-order valence-corrected chi connectivity index (χ3v) is 10.8. The van der Waals surface area contributed by atoms with Gasteiger partial charge >= 0.3 is 0 Å². The predicted octanol–water partition coefficient (Wildman–Crippen LogP) is 6.47. The number of hydrogen-bond donors (Lipinski definition) is 4. The molecule has 336 valence electrons. The van der Waals surface area contributed by atoms with Gasteiger partial charge in [-0.05, 0) is 51.6 Å². The van der Waals surface area contributed by atoms with Crippen LogP contribution in [0.4, 0.5) is 0 Å². The maximum absolute atomic E-state index is 12.4. The quantitative estimate of drug-likeness (QED) is 0.0319. The fourth-order valence-electron chi connectivity index (χ4n) is 7.36. The van der Waals surface area contributed by atoms with Crippen molar-refractivity contribution >= 4 is 11.8 Å². The van der Waals surface area contributed by atoms with E-state index in [0.717, 1.165) is 102 Å². The Hall–Kier alpha value is -3.45.